The third kappa shape index (κ3) is 4.97. The minimum Gasteiger partial charge on any atom is -0.497 e. The Morgan fingerprint density at radius 3 is 2.23 bits per heavy atom. The number of nitrogens with zero attached hydrogens (tertiary/aromatic N) is 2. The second-order valence-corrected chi connectivity index (χ2v) is 9.64. The summed E-state index contributed by atoms with van der Waals surface area (Å²) in [5, 5.41) is 10.2. The molecule has 2 saturated heterocycles. The topological polar surface area (TPSA) is 53.0 Å². The Morgan fingerprint density at radius 2 is 1.57 bits per heavy atom. The fourth-order valence-corrected chi connectivity index (χ4v) is 5.73. The summed E-state index contributed by atoms with van der Waals surface area (Å²) in [7, 11) is 1.68. The molecule has 1 amide bonds. The van der Waals surface area contributed by atoms with Gasteiger partial charge in [-0.1, -0.05) is 66.7 Å². The van der Waals surface area contributed by atoms with Gasteiger partial charge in [-0.3, -0.25) is 9.69 Å². The van der Waals surface area contributed by atoms with E-state index in [1.807, 2.05) is 42.5 Å². The van der Waals surface area contributed by atoms with Crippen LogP contribution in [0.3, 0.4) is 0 Å². The monoisotopic (exact) mass is 470 g/mol. The van der Waals surface area contributed by atoms with Crippen molar-refractivity contribution in [3.8, 4) is 16.9 Å². The van der Waals surface area contributed by atoms with Crippen molar-refractivity contribution in [1.29, 1.82) is 0 Å². The van der Waals surface area contributed by atoms with Gasteiger partial charge in [0.15, 0.2) is 0 Å². The fourth-order valence-electron chi connectivity index (χ4n) is 5.73. The molecule has 0 spiro atoms. The van der Waals surface area contributed by atoms with Crippen molar-refractivity contribution in [3.63, 3.8) is 0 Å². The van der Waals surface area contributed by atoms with E-state index in [0.29, 0.717) is 13.0 Å². The predicted molar refractivity (Wildman–Crippen MR) is 138 cm³/mol. The zero-order valence-corrected chi connectivity index (χ0v) is 20.3. The second-order valence-electron chi connectivity index (χ2n) is 9.64. The molecule has 5 nitrogen and oxygen atoms in total. The molecule has 0 radical (unpaired) electrons. The summed E-state index contributed by atoms with van der Waals surface area (Å²) in [6.07, 6.45) is 2.49. The van der Waals surface area contributed by atoms with Gasteiger partial charge in [0, 0.05) is 31.1 Å². The molecule has 3 aromatic carbocycles. The average molecular weight is 471 g/mol. The molecular formula is C30H34N2O3. The molecule has 2 fully saturated rings. The number of ether oxygens (including phenoxy) is 1. The third-order valence-electron chi connectivity index (χ3n) is 7.64. The lowest BCUT2D eigenvalue weighted by Crippen LogP contribution is -2.68. The number of aliphatic hydroxyl groups excluding tert-OH is 1. The molecule has 0 aliphatic carbocycles. The number of carbonyl (C=O) groups excluding carboxylic acids is 1. The number of amides is 1. The molecule has 5 rings (SSSR count). The van der Waals surface area contributed by atoms with Crippen molar-refractivity contribution in [2.45, 2.75) is 37.3 Å². The molecule has 3 aromatic rings. The van der Waals surface area contributed by atoms with Gasteiger partial charge in [0.2, 0.25) is 5.91 Å². The van der Waals surface area contributed by atoms with Gasteiger partial charge in [0.05, 0.1) is 20.1 Å². The van der Waals surface area contributed by atoms with Crippen molar-refractivity contribution in [2.75, 3.05) is 33.4 Å². The van der Waals surface area contributed by atoms with Gasteiger partial charge in [0.1, 0.15) is 5.75 Å². The zero-order valence-electron chi connectivity index (χ0n) is 20.3. The van der Waals surface area contributed by atoms with Gasteiger partial charge >= 0.3 is 0 Å². The van der Waals surface area contributed by atoms with Crippen molar-refractivity contribution in [1.82, 2.24) is 9.80 Å². The van der Waals surface area contributed by atoms with Gasteiger partial charge in [0.25, 0.3) is 0 Å². The van der Waals surface area contributed by atoms with Gasteiger partial charge in [-0.25, -0.2) is 0 Å². The van der Waals surface area contributed by atoms with E-state index in [-0.39, 0.29) is 30.5 Å². The van der Waals surface area contributed by atoms with Crippen molar-refractivity contribution in [3.05, 3.63) is 90.0 Å². The molecule has 35 heavy (non-hydrogen) atoms. The van der Waals surface area contributed by atoms with Crippen molar-refractivity contribution in [2.24, 2.45) is 0 Å². The van der Waals surface area contributed by atoms with Crippen LogP contribution in [0.2, 0.25) is 0 Å². The summed E-state index contributed by atoms with van der Waals surface area (Å²) in [5.74, 6) is 1.26. The van der Waals surface area contributed by atoms with Crippen molar-refractivity contribution >= 4 is 5.91 Å². The third-order valence-corrected chi connectivity index (χ3v) is 7.64. The summed E-state index contributed by atoms with van der Waals surface area (Å²) in [5.41, 5.74) is 4.60. The Balaban J connectivity index is 1.33. The van der Waals surface area contributed by atoms with E-state index in [2.05, 4.69) is 46.2 Å². The maximum absolute atomic E-state index is 13.2. The van der Waals surface area contributed by atoms with E-state index < -0.39 is 0 Å². The largest absolute Gasteiger partial charge is 0.497 e. The van der Waals surface area contributed by atoms with E-state index in [1.165, 1.54) is 5.56 Å². The summed E-state index contributed by atoms with van der Waals surface area (Å²) in [6, 6.07) is 27.1. The first-order valence-electron chi connectivity index (χ1n) is 12.6. The van der Waals surface area contributed by atoms with Crippen LogP contribution in [0.25, 0.3) is 11.1 Å². The van der Waals surface area contributed by atoms with E-state index >= 15 is 0 Å². The van der Waals surface area contributed by atoms with Crippen LogP contribution in [0.4, 0.5) is 0 Å². The van der Waals surface area contributed by atoms with E-state index in [0.717, 1.165) is 48.4 Å². The molecule has 0 saturated carbocycles. The maximum Gasteiger partial charge on any atom is 0.227 e. The quantitative estimate of drug-likeness (QED) is 0.582. The minimum absolute atomic E-state index is 0.107. The molecule has 2 aliphatic heterocycles. The highest BCUT2D eigenvalue weighted by molar-refractivity contribution is 5.79. The average Bonchev–Trinajstić information content (AvgIpc) is 2.89. The van der Waals surface area contributed by atoms with Crippen molar-refractivity contribution < 1.29 is 14.6 Å². The maximum atomic E-state index is 13.2. The lowest BCUT2D eigenvalue weighted by Gasteiger charge is -2.57. The number of benzene rings is 3. The van der Waals surface area contributed by atoms with Crippen LogP contribution in [0.5, 0.6) is 5.75 Å². The van der Waals surface area contributed by atoms with Gasteiger partial charge in [-0.05, 0) is 53.8 Å². The number of methoxy groups -OCH3 is 1. The van der Waals surface area contributed by atoms with Crippen LogP contribution in [0, 0.1) is 0 Å². The van der Waals surface area contributed by atoms with Gasteiger partial charge in [-0.15, -0.1) is 0 Å². The van der Waals surface area contributed by atoms with Crippen LogP contribution in [-0.2, 0) is 11.2 Å². The Kier molecular flexibility index (Phi) is 7.16. The van der Waals surface area contributed by atoms with E-state index in [4.69, 9.17) is 4.74 Å². The highest BCUT2D eigenvalue weighted by Crippen LogP contribution is 2.42. The first kappa shape index (κ1) is 23.6. The summed E-state index contributed by atoms with van der Waals surface area (Å²) >= 11 is 0. The van der Waals surface area contributed by atoms with E-state index in [1.54, 1.807) is 7.11 Å². The molecule has 2 heterocycles. The number of aliphatic hydroxyl groups is 1. The molecule has 0 aromatic heterocycles. The number of hydrogen-bond acceptors (Lipinski definition) is 4. The Hall–Kier alpha value is -3.15. The highest BCUT2D eigenvalue weighted by Gasteiger charge is 2.49. The summed E-state index contributed by atoms with van der Waals surface area (Å²) in [6.45, 7) is 2.65. The Labute approximate surface area is 208 Å². The Morgan fingerprint density at radius 1 is 0.914 bits per heavy atom. The molecule has 3 atom stereocenters. The van der Waals surface area contributed by atoms with E-state index in [9.17, 15) is 9.90 Å². The SMILES string of the molecule is COc1ccc(-c2ccc([C@@H]3[C@H]4CN(C(=O)Cc5ccccc5)CCCCN4[C@H]3CO)cc2)cc1. The number of hydrogen-bond donors (Lipinski definition) is 1. The first-order valence-corrected chi connectivity index (χ1v) is 12.6. The molecular weight excluding hydrogens is 436 g/mol. The summed E-state index contributed by atoms with van der Waals surface area (Å²) < 4.78 is 5.27. The van der Waals surface area contributed by atoms with Crippen LogP contribution >= 0.6 is 0 Å². The molecule has 0 bridgehead atoms. The number of carbonyl (C=O) groups is 1. The van der Waals surface area contributed by atoms with Crippen LogP contribution < -0.4 is 4.74 Å². The number of fused-ring (bicyclic) bond motifs is 1. The van der Waals surface area contributed by atoms with Gasteiger partial charge < -0.3 is 14.7 Å². The fraction of sp³-hybridized carbons (Fsp3) is 0.367. The minimum atomic E-state index is 0.107. The normalized spacial score (nSPS) is 22.5. The predicted octanol–water partition coefficient (Wildman–Crippen LogP) is 4.36. The Bertz CT molecular complexity index is 1110. The standard InChI is InChI=1S/C30H34N2O3/c1-35-26-15-13-24(14-16-26)23-9-11-25(12-10-23)30-27-20-31(17-5-6-18-32(27)28(30)21-33)29(34)19-22-7-3-2-4-8-22/h2-4,7-16,27-28,30,33H,5-6,17-21H2,1H3/t27-,28+,30-/m1/s1. The van der Waals surface area contributed by atoms with Crippen LogP contribution in [-0.4, -0.2) is 66.2 Å². The molecule has 2 aliphatic rings. The molecule has 1 N–H and O–H groups in total. The lowest BCUT2D eigenvalue weighted by atomic mass is 9.74. The second kappa shape index (κ2) is 10.6. The summed E-state index contributed by atoms with van der Waals surface area (Å²) in [4.78, 5) is 17.7. The van der Waals surface area contributed by atoms with Gasteiger partial charge in [-0.2, -0.15) is 0 Å². The molecule has 0 unspecified atom stereocenters. The number of rotatable bonds is 6. The smallest absolute Gasteiger partial charge is 0.227 e. The lowest BCUT2D eigenvalue weighted by molar-refractivity contribution is -0.135. The van der Waals surface area contributed by atoms with Crippen LogP contribution in [0.15, 0.2) is 78.9 Å². The zero-order chi connectivity index (χ0) is 24.2. The first-order chi connectivity index (χ1) is 17.2. The molecule has 5 heteroatoms. The molecule has 182 valence electrons. The van der Waals surface area contributed by atoms with Crippen LogP contribution in [0.1, 0.15) is 29.9 Å². The highest BCUT2D eigenvalue weighted by atomic mass is 16.5.